The minimum atomic E-state index is -0.218. The second kappa shape index (κ2) is 7.51. The Hall–Kier alpha value is -1.75. The van der Waals surface area contributed by atoms with E-state index in [4.69, 9.17) is 14.6 Å². The van der Waals surface area contributed by atoms with Crippen LogP contribution >= 0.6 is 0 Å². The maximum atomic E-state index is 11.3. The van der Waals surface area contributed by atoms with Gasteiger partial charge in [-0.3, -0.25) is 4.79 Å². The standard InChI is InChI=1S/C12H17NO4/c1-16-10-5-2-3-6-11(10)17-9-12(15)13-7-4-8-14/h2-3,5-6,14H,4,7-9H2,1H3,(H,13,15). The molecule has 0 unspecified atom stereocenters. The van der Waals surface area contributed by atoms with Crippen molar-refractivity contribution >= 4 is 5.91 Å². The molecule has 0 aliphatic rings. The highest BCUT2D eigenvalue weighted by Crippen LogP contribution is 2.25. The van der Waals surface area contributed by atoms with Gasteiger partial charge >= 0.3 is 0 Å². The second-order valence-electron chi connectivity index (χ2n) is 3.37. The Balaban J connectivity index is 2.36. The fraction of sp³-hybridized carbons (Fsp3) is 0.417. The fourth-order valence-electron chi connectivity index (χ4n) is 1.24. The lowest BCUT2D eigenvalue weighted by Crippen LogP contribution is -2.30. The molecule has 0 saturated heterocycles. The van der Waals surface area contributed by atoms with Crippen molar-refractivity contribution in [2.24, 2.45) is 0 Å². The number of aliphatic hydroxyl groups is 1. The maximum Gasteiger partial charge on any atom is 0.257 e. The van der Waals surface area contributed by atoms with Crippen LogP contribution in [0.1, 0.15) is 6.42 Å². The van der Waals surface area contributed by atoms with E-state index in [1.165, 1.54) is 0 Å². The number of rotatable bonds is 7. The van der Waals surface area contributed by atoms with Gasteiger partial charge in [0.2, 0.25) is 0 Å². The number of hydrogen-bond acceptors (Lipinski definition) is 4. The van der Waals surface area contributed by atoms with Gasteiger partial charge < -0.3 is 19.9 Å². The van der Waals surface area contributed by atoms with Crippen molar-refractivity contribution in [2.45, 2.75) is 6.42 Å². The van der Waals surface area contributed by atoms with E-state index in [1.807, 2.05) is 12.1 Å². The van der Waals surface area contributed by atoms with E-state index < -0.39 is 0 Å². The summed E-state index contributed by atoms with van der Waals surface area (Å²) in [5.74, 6) is 0.910. The van der Waals surface area contributed by atoms with Crippen LogP contribution in [0.2, 0.25) is 0 Å². The van der Waals surface area contributed by atoms with Gasteiger partial charge in [0.25, 0.3) is 5.91 Å². The molecular formula is C12H17NO4. The molecule has 1 aromatic rings. The number of aliphatic hydroxyl groups excluding tert-OH is 1. The molecule has 0 spiro atoms. The smallest absolute Gasteiger partial charge is 0.257 e. The number of para-hydroxylation sites is 2. The monoisotopic (exact) mass is 239 g/mol. The van der Waals surface area contributed by atoms with Crippen LogP contribution in [0.25, 0.3) is 0 Å². The number of hydrogen-bond donors (Lipinski definition) is 2. The highest BCUT2D eigenvalue weighted by molar-refractivity contribution is 5.77. The molecule has 5 heteroatoms. The van der Waals surface area contributed by atoms with Crippen molar-refractivity contribution in [3.05, 3.63) is 24.3 Å². The summed E-state index contributed by atoms with van der Waals surface area (Å²) >= 11 is 0. The average molecular weight is 239 g/mol. The van der Waals surface area contributed by atoms with E-state index in [-0.39, 0.29) is 19.1 Å². The van der Waals surface area contributed by atoms with Crippen molar-refractivity contribution in [1.29, 1.82) is 0 Å². The Kier molecular flexibility index (Phi) is 5.88. The minimum absolute atomic E-state index is 0.0631. The van der Waals surface area contributed by atoms with Gasteiger partial charge in [0, 0.05) is 13.2 Å². The summed E-state index contributed by atoms with van der Waals surface area (Å²) in [5.41, 5.74) is 0. The van der Waals surface area contributed by atoms with Gasteiger partial charge in [0.05, 0.1) is 7.11 Å². The van der Waals surface area contributed by atoms with Gasteiger partial charge in [-0.25, -0.2) is 0 Å². The Labute approximate surface area is 100 Å². The first-order valence-corrected chi connectivity index (χ1v) is 5.41. The third-order valence-corrected chi connectivity index (χ3v) is 2.08. The number of benzene rings is 1. The molecule has 94 valence electrons. The average Bonchev–Trinajstić information content (AvgIpc) is 2.37. The second-order valence-corrected chi connectivity index (χ2v) is 3.37. The zero-order chi connectivity index (χ0) is 12.5. The molecule has 0 fully saturated rings. The quantitative estimate of drug-likeness (QED) is 0.683. The summed E-state index contributed by atoms with van der Waals surface area (Å²) in [6.45, 7) is 0.448. The number of amides is 1. The number of nitrogens with one attached hydrogen (secondary N) is 1. The summed E-state index contributed by atoms with van der Waals surface area (Å²) in [6.07, 6.45) is 0.542. The van der Waals surface area contributed by atoms with Crippen molar-refractivity contribution in [3.8, 4) is 11.5 Å². The lowest BCUT2D eigenvalue weighted by molar-refractivity contribution is -0.123. The molecule has 0 radical (unpaired) electrons. The summed E-state index contributed by atoms with van der Waals surface area (Å²) in [4.78, 5) is 11.3. The molecule has 0 aliphatic carbocycles. The van der Waals surface area contributed by atoms with Crippen LogP contribution in [-0.4, -0.2) is 37.9 Å². The van der Waals surface area contributed by atoms with Gasteiger partial charge in [-0.15, -0.1) is 0 Å². The Morgan fingerprint density at radius 2 is 2.06 bits per heavy atom. The fourth-order valence-corrected chi connectivity index (χ4v) is 1.24. The van der Waals surface area contributed by atoms with Gasteiger partial charge in [-0.2, -0.15) is 0 Å². The predicted molar refractivity (Wildman–Crippen MR) is 63.2 cm³/mol. The van der Waals surface area contributed by atoms with E-state index >= 15 is 0 Å². The Morgan fingerprint density at radius 3 is 2.71 bits per heavy atom. The predicted octanol–water partition coefficient (Wildman–Crippen LogP) is 0.573. The van der Waals surface area contributed by atoms with Crippen LogP contribution in [-0.2, 0) is 4.79 Å². The van der Waals surface area contributed by atoms with Gasteiger partial charge in [-0.1, -0.05) is 12.1 Å². The van der Waals surface area contributed by atoms with E-state index in [0.29, 0.717) is 24.5 Å². The first-order valence-electron chi connectivity index (χ1n) is 5.41. The SMILES string of the molecule is COc1ccccc1OCC(=O)NCCCO. The molecule has 0 aliphatic heterocycles. The zero-order valence-electron chi connectivity index (χ0n) is 9.81. The first-order chi connectivity index (χ1) is 8.27. The maximum absolute atomic E-state index is 11.3. The van der Waals surface area contributed by atoms with Crippen LogP contribution in [0.3, 0.4) is 0 Å². The largest absolute Gasteiger partial charge is 0.493 e. The highest BCUT2D eigenvalue weighted by atomic mass is 16.5. The number of ether oxygens (including phenoxy) is 2. The summed E-state index contributed by atoms with van der Waals surface area (Å²) in [5, 5.41) is 11.2. The minimum Gasteiger partial charge on any atom is -0.493 e. The number of methoxy groups -OCH3 is 1. The third kappa shape index (κ3) is 4.74. The molecular weight excluding hydrogens is 222 g/mol. The molecule has 1 rings (SSSR count). The molecule has 17 heavy (non-hydrogen) atoms. The van der Waals surface area contributed by atoms with Crippen molar-refractivity contribution in [3.63, 3.8) is 0 Å². The number of carbonyl (C=O) groups is 1. The van der Waals surface area contributed by atoms with Crippen LogP contribution in [0.4, 0.5) is 0 Å². The topological polar surface area (TPSA) is 67.8 Å². The normalized spacial score (nSPS) is 9.76. The molecule has 0 saturated carbocycles. The van der Waals surface area contributed by atoms with E-state index in [0.717, 1.165) is 0 Å². The van der Waals surface area contributed by atoms with Crippen LogP contribution in [0.15, 0.2) is 24.3 Å². The van der Waals surface area contributed by atoms with Crippen molar-refractivity contribution in [2.75, 3.05) is 26.9 Å². The molecule has 0 heterocycles. The first kappa shape index (κ1) is 13.3. The number of carbonyl (C=O) groups excluding carboxylic acids is 1. The molecule has 0 aromatic heterocycles. The molecule has 5 nitrogen and oxygen atoms in total. The van der Waals surface area contributed by atoms with Crippen molar-refractivity contribution in [1.82, 2.24) is 5.32 Å². The van der Waals surface area contributed by atoms with E-state index in [2.05, 4.69) is 5.32 Å². The lowest BCUT2D eigenvalue weighted by Gasteiger charge is -2.10. The third-order valence-electron chi connectivity index (χ3n) is 2.08. The molecule has 0 bridgehead atoms. The van der Waals surface area contributed by atoms with E-state index in [1.54, 1.807) is 19.2 Å². The highest BCUT2D eigenvalue weighted by Gasteiger charge is 2.05. The summed E-state index contributed by atoms with van der Waals surface area (Å²) < 4.78 is 10.4. The van der Waals surface area contributed by atoms with Gasteiger partial charge in [0.15, 0.2) is 18.1 Å². The van der Waals surface area contributed by atoms with Gasteiger partial charge in [-0.05, 0) is 18.6 Å². The van der Waals surface area contributed by atoms with Gasteiger partial charge in [0.1, 0.15) is 0 Å². The Bertz CT molecular complexity index is 354. The zero-order valence-corrected chi connectivity index (χ0v) is 9.81. The van der Waals surface area contributed by atoms with Crippen LogP contribution in [0, 0.1) is 0 Å². The van der Waals surface area contributed by atoms with Crippen LogP contribution < -0.4 is 14.8 Å². The molecule has 1 aromatic carbocycles. The summed E-state index contributed by atoms with van der Waals surface area (Å²) in [7, 11) is 1.55. The lowest BCUT2D eigenvalue weighted by atomic mass is 10.3. The van der Waals surface area contributed by atoms with E-state index in [9.17, 15) is 4.79 Å². The molecule has 2 N–H and O–H groups in total. The van der Waals surface area contributed by atoms with Crippen LogP contribution in [0.5, 0.6) is 11.5 Å². The Morgan fingerprint density at radius 1 is 1.35 bits per heavy atom. The molecule has 1 amide bonds. The van der Waals surface area contributed by atoms with Crippen molar-refractivity contribution < 1.29 is 19.4 Å². The summed E-state index contributed by atoms with van der Waals surface area (Å²) in [6, 6.07) is 7.13. The molecule has 0 atom stereocenters.